The number of ether oxygens (including phenoxy) is 3. The van der Waals surface area contributed by atoms with Crippen molar-refractivity contribution in [2.24, 2.45) is 0 Å². The lowest BCUT2D eigenvalue weighted by molar-refractivity contribution is 0.103. The minimum Gasteiger partial charge on any atom is -0.496 e. The zero-order chi connectivity index (χ0) is 20.2. The van der Waals surface area contributed by atoms with Crippen LogP contribution in [0.5, 0.6) is 17.2 Å². The summed E-state index contributed by atoms with van der Waals surface area (Å²) in [5, 5.41) is 0. The summed E-state index contributed by atoms with van der Waals surface area (Å²) in [6.45, 7) is 0.410. The van der Waals surface area contributed by atoms with Gasteiger partial charge in [-0.3, -0.25) is 9.78 Å². The Morgan fingerprint density at radius 1 is 1.03 bits per heavy atom. The summed E-state index contributed by atoms with van der Waals surface area (Å²) in [7, 11) is 3.10. The molecule has 1 aliphatic heterocycles. The van der Waals surface area contributed by atoms with Gasteiger partial charge in [0.05, 0.1) is 26.5 Å². The first-order valence-electron chi connectivity index (χ1n) is 9.35. The summed E-state index contributed by atoms with van der Waals surface area (Å²) >= 11 is 0. The highest BCUT2D eigenvalue weighted by Crippen LogP contribution is 2.38. The Morgan fingerprint density at radius 3 is 2.55 bits per heavy atom. The van der Waals surface area contributed by atoms with Crippen LogP contribution >= 0.6 is 0 Å². The number of pyridine rings is 1. The largest absolute Gasteiger partial charge is 0.496 e. The average Bonchev–Trinajstić information content (AvgIpc) is 2.93. The fourth-order valence-corrected chi connectivity index (χ4v) is 3.35. The molecule has 0 saturated heterocycles. The highest BCUT2D eigenvalue weighted by Gasteiger charge is 2.26. The van der Waals surface area contributed by atoms with E-state index in [2.05, 4.69) is 4.98 Å². The first kappa shape index (κ1) is 18.7. The van der Waals surface area contributed by atoms with Crippen molar-refractivity contribution in [1.29, 1.82) is 0 Å². The quantitative estimate of drug-likeness (QED) is 0.601. The molecule has 0 amide bonds. The van der Waals surface area contributed by atoms with Crippen LogP contribution in [0.4, 0.5) is 0 Å². The number of hydrogen-bond acceptors (Lipinski definition) is 5. The Kier molecular flexibility index (Phi) is 5.29. The SMILES string of the molecule is COc1cc(OC)c2c(c1)OCC/C(=C\c1ccc(-c3ccccn3)cc1)C2=O. The van der Waals surface area contributed by atoms with E-state index in [1.165, 1.54) is 7.11 Å². The van der Waals surface area contributed by atoms with Crippen molar-refractivity contribution in [2.45, 2.75) is 6.42 Å². The van der Waals surface area contributed by atoms with Crippen molar-refractivity contribution in [3.05, 3.63) is 77.5 Å². The van der Waals surface area contributed by atoms with Crippen molar-refractivity contribution in [3.8, 4) is 28.5 Å². The van der Waals surface area contributed by atoms with Gasteiger partial charge in [-0.2, -0.15) is 0 Å². The molecule has 0 fully saturated rings. The van der Waals surface area contributed by atoms with Crippen LogP contribution in [-0.4, -0.2) is 31.6 Å². The predicted octanol–water partition coefficient (Wildman–Crippen LogP) is 4.81. The minimum atomic E-state index is -0.0918. The third-order valence-electron chi connectivity index (χ3n) is 4.86. The molecule has 0 atom stereocenters. The number of carbonyl (C=O) groups is 1. The number of rotatable bonds is 4. The highest BCUT2D eigenvalue weighted by molar-refractivity contribution is 6.15. The summed E-state index contributed by atoms with van der Waals surface area (Å²) in [6.07, 6.45) is 4.20. The molecule has 0 saturated carbocycles. The number of hydrogen-bond donors (Lipinski definition) is 0. The second kappa shape index (κ2) is 8.19. The topological polar surface area (TPSA) is 57.6 Å². The number of nitrogens with zero attached hydrogens (tertiary/aromatic N) is 1. The lowest BCUT2D eigenvalue weighted by Gasteiger charge is -2.12. The lowest BCUT2D eigenvalue weighted by Crippen LogP contribution is -2.05. The van der Waals surface area contributed by atoms with E-state index in [4.69, 9.17) is 14.2 Å². The van der Waals surface area contributed by atoms with Gasteiger partial charge in [0.2, 0.25) is 0 Å². The Morgan fingerprint density at radius 2 is 1.86 bits per heavy atom. The van der Waals surface area contributed by atoms with Crippen LogP contribution in [0.15, 0.2) is 66.4 Å². The van der Waals surface area contributed by atoms with Gasteiger partial charge in [0.25, 0.3) is 0 Å². The molecule has 0 bridgehead atoms. The Labute approximate surface area is 169 Å². The van der Waals surface area contributed by atoms with Crippen molar-refractivity contribution in [2.75, 3.05) is 20.8 Å². The molecule has 0 aliphatic carbocycles. The van der Waals surface area contributed by atoms with Gasteiger partial charge < -0.3 is 14.2 Å². The number of fused-ring (bicyclic) bond motifs is 1. The van der Waals surface area contributed by atoms with Crippen LogP contribution in [0.1, 0.15) is 22.3 Å². The van der Waals surface area contributed by atoms with E-state index in [1.54, 1.807) is 25.4 Å². The van der Waals surface area contributed by atoms with E-state index >= 15 is 0 Å². The first-order chi connectivity index (χ1) is 14.2. The van der Waals surface area contributed by atoms with Gasteiger partial charge in [-0.15, -0.1) is 0 Å². The predicted molar refractivity (Wildman–Crippen MR) is 112 cm³/mol. The van der Waals surface area contributed by atoms with Gasteiger partial charge >= 0.3 is 0 Å². The molecule has 29 heavy (non-hydrogen) atoms. The molecule has 146 valence electrons. The average molecular weight is 387 g/mol. The first-order valence-corrected chi connectivity index (χ1v) is 9.35. The molecule has 4 rings (SSSR count). The zero-order valence-electron chi connectivity index (χ0n) is 16.3. The maximum absolute atomic E-state index is 13.2. The molecule has 5 nitrogen and oxygen atoms in total. The van der Waals surface area contributed by atoms with Gasteiger partial charge in [-0.25, -0.2) is 0 Å². The second-order valence-electron chi connectivity index (χ2n) is 6.64. The van der Waals surface area contributed by atoms with Gasteiger partial charge in [0.15, 0.2) is 5.78 Å². The van der Waals surface area contributed by atoms with Crippen LogP contribution in [0.3, 0.4) is 0 Å². The number of aromatic nitrogens is 1. The fourth-order valence-electron chi connectivity index (χ4n) is 3.35. The summed E-state index contributed by atoms with van der Waals surface area (Å²) in [5.74, 6) is 1.43. The third kappa shape index (κ3) is 3.85. The maximum atomic E-state index is 13.2. The second-order valence-corrected chi connectivity index (χ2v) is 6.64. The molecule has 3 aromatic rings. The minimum absolute atomic E-state index is 0.0918. The Bertz CT molecular complexity index is 1060. The van der Waals surface area contributed by atoms with Crippen LogP contribution in [0.25, 0.3) is 17.3 Å². The summed E-state index contributed by atoms with van der Waals surface area (Å²) in [6, 6.07) is 17.2. The summed E-state index contributed by atoms with van der Waals surface area (Å²) in [4.78, 5) is 17.6. The number of benzene rings is 2. The van der Waals surface area contributed by atoms with E-state index < -0.39 is 0 Å². The van der Waals surface area contributed by atoms with Crippen molar-refractivity contribution >= 4 is 11.9 Å². The van der Waals surface area contributed by atoms with Crippen molar-refractivity contribution in [1.82, 2.24) is 4.98 Å². The molecular formula is C24H21NO4. The zero-order valence-corrected chi connectivity index (χ0v) is 16.3. The molecular weight excluding hydrogens is 366 g/mol. The molecule has 0 radical (unpaired) electrons. The summed E-state index contributed by atoms with van der Waals surface area (Å²) in [5.41, 5.74) is 4.00. The Balaban J connectivity index is 1.67. The lowest BCUT2D eigenvalue weighted by atomic mass is 9.97. The molecule has 0 unspecified atom stereocenters. The number of Topliss-reactive ketones (excluding diaryl/α,β-unsaturated/α-hetero) is 1. The van der Waals surface area contributed by atoms with Crippen molar-refractivity contribution in [3.63, 3.8) is 0 Å². The number of ketones is 1. The molecule has 1 aliphatic rings. The monoisotopic (exact) mass is 387 g/mol. The van der Waals surface area contributed by atoms with Gasteiger partial charge in [-0.05, 0) is 23.8 Å². The van der Waals surface area contributed by atoms with E-state index in [1.807, 2.05) is 48.5 Å². The maximum Gasteiger partial charge on any atom is 0.196 e. The Hall–Kier alpha value is -3.60. The molecule has 0 N–H and O–H groups in total. The molecule has 5 heteroatoms. The van der Waals surface area contributed by atoms with Crippen LogP contribution in [-0.2, 0) is 0 Å². The van der Waals surface area contributed by atoms with Gasteiger partial charge in [0, 0.05) is 35.9 Å². The number of methoxy groups -OCH3 is 2. The van der Waals surface area contributed by atoms with Crippen LogP contribution in [0.2, 0.25) is 0 Å². The molecule has 1 aromatic heterocycles. The normalized spacial score (nSPS) is 14.7. The van der Waals surface area contributed by atoms with E-state index in [9.17, 15) is 4.79 Å². The third-order valence-corrected chi connectivity index (χ3v) is 4.86. The fraction of sp³-hybridized carbons (Fsp3) is 0.167. The van der Waals surface area contributed by atoms with Gasteiger partial charge in [-0.1, -0.05) is 30.3 Å². The summed E-state index contributed by atoms with van der Waals surface area (Å²) < 4.78 is 16.5. The molecule has 2 heterocycles. The van der Waals surface area contributed by atoms with Gasteiger partial charge in [0.1, 0.15) is 22.8 Å². The van der Waals surface area contributed by atoms with E-state index in [-0.39, 0.29) is 5.78 Å². The number of carbonyl (C=O) groups excluding carboxylic acids is 1. The molecule has 2 aromatic carbocycles. The smallest absolute Gasteiger partial charge is 0.196 e. The molecule has 0 spiro atoms. The highest BCUT2D eigenvalue weighted by atomic mass is 16.5. The standard InChI is InChI=1S/C24H21NO4/c1-27-19-14-21(28-2)23-22(15-19)29-12-10-18(24(23)26)13-16-6-8-17(9-7-16)20-5-3-4-11-25-20/h3-9,11,13-15H,10,12H2,1-2H3/b18-13+. The van der Waals surface area contributed by atoms with E-state index in [0.717, 1.165) is 16.8 Å². The van der Waals surface area contributed by atoms with Crippen molar-refractivity contribution < 1.29 is 19.0 Å². The van der Waals surface area contributed by atoms with E-state index in [0.29, 0.717) is 41.4 Å². The van der Waals surface area contributed by atoms with Crippen LogP contribution < -0.4 is 14.2 Å². The van der Waals surface area contributed by atoms with Crippen LogP contribution in [0, 0.1) is 0 Å².